The number of halogens is 1. The number of carbonyl (C=O) groups excluding carboxylic acids is 2. The molecule has 0 fully saturated rings. The number of likely N-dealkylation sites (N-methyl/N-ethyl adjacent to an activating group) is 1. The van der Waals surface area contributed by atoms with Gasteiger partial charge in [0.2, 0.25) is 11.8 Å². The van der Waals surface area contributed by atoms with Crippen LogP contribution in [0.1, 0.15) is 26.3 Å². The second-order valence-electron chi connectivity index (χ2n) is 5.66. The van der Waals surface area contributed by atoms with Crippen LogP contribution in [-0.4, -0.2) is 42.4 Å². The Morgan fingerprint density at radius 3 is 2.32 bits per heavy atom. The van der Waals surface area contributed by atoms with Gasteiger partial charge in [0.15, 0.2) is 0 Å². The second kappa shape index (κ2) is 8.48. The molecule has 2 amide bonds. The van der Waals surface area contributed by atoms with E-state index in [1.165, 1.54) is 12.1 Å². The molecule has 0 unspecified atom stereocenters. The summed E-state index contributed by atoms with van der Waals surface area (Å²) in [5, 5.41) is 5.56. The van der Waals surface area contributed by atoms with Crippen molar-refractivity contribution in [2.24, 2.45) is 0 Å². The monoisotopic (exact) mass is 309 g/mol. The average Bonchev–Trinajstić information content (AvgIpc) is 2.44. The summed E-state index contributed by atoms with van der Waals surface area (Å²) in [6, 6.07) is 5.60. The first-order valence-corrected chi connectivity index (χ1v) is 7.31. The van der Waals surface area contributed by atoms with E-state index in [0.29, 0.717) is 6.54 Å². The smallest absolute Gasteiger partial charge is 0.237 e. The summed E-state index contributed by atoms with van der Waals surface area (Å²) in [6.07, 6.45) is 0. The summed E-state index contributed by atoms with van der Waals surface area (Å²) in [7, 11) is 1.72. The first-order valence-electron chi connectivity index (χ1n) is 7.31. The van der Waals surface area contributed by atoms with Gasteiger partial charge in [-0.2, -0.15) is 0 Å². The van der Waals surface area contributed by atoms with Crippen molar-refractivity contribution >= 4 is 11.8 Å². The third-order valence-corrected chi connectivity index (χ3v) is 3.26. The zero-order valence-electron chi connectivity index (χ0n) is 13.5. The predicted molar refractivity (Wildman–Crippen MR) is 83.6 cm³/mol. The number of amides is 2. The minimum Gasteiger partial charge on any atom is -0.353 e. The van der Waals surface area contributed by atoms with E-state index in [0.717, 1.165) is 5.56 Å². The molecule has 0 aromatic heterocycles. The lowest BCUT2D eigenvalue weighted by atomic mass is 10.2. The van der Waals surface area contributed by atoms with Gasteiger partial charge < -0.3 is 10.6 Å². The Kier molecular flexibility index (Phi) is 6.98. The van der Waals surface area contributed by atoms with Gasteiger partial charge in [-0.05, 0) is 45.5 Å². The van der Waals surface area contributed by atoms with Crippen LogP contribution in [0.5, 0.6) is 0 Å². The lowest BCUT2D eigenvalue weighted by Crippen LogP contribution is -2.47. The summed E-state index contributed by atoms with van der Waals surface area (Å²) >= 11 is 0. The molecule has 6 heteroatoms. The molecule has 2 N–H and O–H groups in total. The zero-order chi connectivity index (χ0) is 16.7. The van der Waals surface area contributed by atoms with Gasteiger partial charge in [0.1, 0.15) is 5.82 Å². The van der Waals surface area contributed by atoms with Crippen LogP contribution in [-0.2, 0) is 16.1 Å². The third kappa shape index (κ3) is 6.22. The molecule has 122 valence electrons. The number of hydrogen-bond donors (Lipinski definition) is 2. The van der Waals surface area contributed by atoms with Crippen LogP contribution < -0.4 is 10.6 Å². The van der Waals surface area contributed by atoms with Gasteiger partial charge in [0, 0.05) is 12.6 Å². The van der Waals surface area contributed by atoms with Crippen molar-refractivity contribution in [3.8, 4) is 0 Å². The van der Waals surface area contributed by atoms with E-state index in [1.807, 2.05) is 13.8 Å². The molecule has 1 aromatic rings. The molecular weight excluding hydrogens is 285 g/mol. The van der Waals surface area contributed by atoms with Crippen molar-refractivity contribution < 1.29 is 14.0 Å². The minimum absolute atomic E-state index is 0.0727. The maximum Gasteiger partial charge on any atom is 0.237 e. The van der Waals surface area contributed by atoms with Crippen LogP contribution in [0.2, 0.25) is 0 Å². The van der Waals surface area contributed by atoms with Crippen LogP contribution in [0, 0.1) is 5.82 Å². The molecule has 0 aliphatic heterocycles. The zero-order valence-corrected chi connectivity index (χ0v) is 13.5. The van der Waals surface area contributed by atoms with Crippen molar-refractivity contribution in [3.63, 3.8) is 0 Å². The second-order valence-corrected chi connectivity index (χ2v) is 5.66. The molecule has 1 rings (SSSR count). The Hall–Kier alpha value is -1.95. The van der Waals surface area contributed by atoms with Gasteiger partial charge in [-0.25, -0.2) is 4.39 Å². The van der Waals surface area contributed by atoms with Crippen molar-refractivity contribution in [1.82, 2.24) is 15.5 Å². The topological polar surface area (TPSA) is 61.4 Å². The Labute approximate surface area is 130 Å². The largest absolute Gasteiger partial charge is 0.353 e. The Balaban J connectivity index is 2.43. The fourth-order valence-corrected chi connectivity index (χ4v) is 1.87. The van der Waals surface area contributed by atoms with Crippen LogP contribution in [0.3, 0.4) is 0 Å². The first kappa shape index (κ1) is 18.1. The van der Waals surface area contributed by atoms with Crippen LogP contribution in [0.15, 0.2) is 24.3 Å². The molecule has 0 aliphatic carbocycles. The molecule has 0 aliphatic rings. The van der Waals surface area contributed by atoms with Crippen LogP contribution in [0.25, 0.3) is 0 Å². The Morgan fingerprint density at radius 2 is 1.77 bits per heavy atom. The normalized spacial score (nSPS) is 12.3. The van der Waals surface area contributed by atoms with Gasteiger partial charge in [-0.15, -0.1) is 0 Å². The van der Waals surface area contributed by atoms with Crippen LogP contribution in [0.4, 0.5) is 4.39 Å². The predicted octanol–water partition coefficient (Wildman–Crippen LogP) is 1.29. The quantitative estimate of drug-likeness (QED) is 0.798. The van der Waals surface area contributed by atoms with Crippen molar-refractivity contribution in [2.75, 3.05) is 13.6 Å². The highest BCUT2D eigenvalue weighted by Gasteiger charge is 2.20. The molecule has 0 heterocycles. The highest BCUT2D eigenvalue weighted by Crippen LogP contribution is 2.03. The molecule has 22 heavy (non-hydrogen) atoms. The Bertz CT molecular complexity index is 503. The number of nitrogens with one attached hydrogen (secondary N) is 2. The molecular formula is C16H24FN3O2. The highest BCUT2D eigenvalue weighted by atomic mass is 19.1. The number of carbonyl (C=O) groups is 2. The van der Waals surface area contributed by atoms with Crippen molar-refractivity contribution in [3.05, 3.63) is 35.6 Å². The number of benzene rings is 1. The highest BCUT2D eigenvalue weighted by molar-refractivity contribution is 5.83. The van der Waals surface area contributed by atoms with E-state index in [1.54, 1.807) is 31.0 Å². The maximum absolute atomic E-state index is 12.8. The fraction of sp³-hybridized carbons (Fsp3) is 0.500. The molecule has 5 nitrogen and oxygen atoms in total. The van der Waals surface area contributed by atoms with E-state index in [2.05, 4.69) is 10.6 Å². The molecule has 0 bridgehead atoms. The van der Waals surface area contributed by atoms with Crippen molar-refractivity contribution in [1.29, 1.82) is 0 Å². The van der Waals surface area contributed by atoms with E-state index < -0.39 is 6.04 Å². The molecule has 0 spiro atoms. The molecule has 1 aromatic carbocycles. The number of nitrogens with zero attached hydrogens (tertiary/aromatic N) is 1. The van der Waals surface area contributed by atoms with E-state index in [9.17, 15) is 14.0 Å². The van der Waals surface area contributed by atoms with Gasteiger partial charge in [-0.1, -0.05) is 12.1 Å². The Morgan fingerprint density at radius 1 is 1.18 bits per heavy atom. The summed E-state index contributed by atoms with van der Waals surface area (Å²) in [4.78, 5) is 25.4. The average molecular weight is 309 g/mol. The van der Waals surface area contributed by atoms with E-state index >= 15 is 0 Å². The van der Waals surface area contributed by atoms with Crippen molar-refractivity contribution in [2.45, 2.75) is 39.4 Å². The summed E-state index contributed by atoms with van der Waals surface area (Å²) in [5.74, 6) is -0.598. The standard InChI is InChI=1S/C16H24FN3O2/c1-11(2)19-15(21)10-20(4)12(3)16(22)18-9-13-5-7-14(17)8-6-13/h5-8,11-12H,9-10H2,1-4H3,(H,18,22)(H,19,21)/t12-/m0/s1. The summed E-state index contributed by atoms with van der Waals surface area (Å²) in [6.45, 7) is 5.99. The SMILES string of the molecule is CC(C)NC(=O)CN(C)[C@@H](C)C(=O)NCc1ccc(F)cc1. The molecule has 0 radical (unpaired) electrons. The maximum atomic E-state index is 12.8. The van der Waals surface area contributed by atoms with Gasteiger partial charge in [0.05, 0.1) is 12.6 Å². The summed E-state index contributed by atoms with van der Waals surface area (Å²) < 4.78 is 12.8. The molecule has 1 atom stereocenters. The number of hydrogen-bond acceptors (Lipinski definition) is 3. The van der Waals surface area contributed by atoms with Gasteiger partial charge in [-0.3, -0.25) is 14.5 Å². The third-order valence-electron chi connectivity index (χ3n) is 3.26. The number of rotatable bonds is 7. The molecule has 0 saturated carbocycles. The summed E-state index contributed by atoms with van der Waals surface area (Å²) in [5.41, 5.74) is 0.821. The lowest BCUT2D eigenvalue weighted by Gasteiger charge is -2.23. The minimum atomic E-state index is -0.432. The van der Waals surface area contributed by atoms with Crippen LogP contribution >= 0.6 is 0 Å². The van der Waals surface area contributed by atoms with E-state index in [4.69, 9.17) is 0 Å². The van der Waals surface area contributed by atoms with Gasteiger partial charge in [0.25, 0.3) is 0 Å². The lowest BCUT2D eigenvalue weighted by molar-refractivity contribution is -0.128. The van der Waals surface area contributed by atoms with Gasteiger partial charge >= 0.3 is 0 Å². The first-order chi connectivity index (χ1) is 10.3. The fourth-order valence-electron chi connectivity index (χ4n) is 1.87. The van der Waals surface area contributed by atoms with E-state index in [-0.39, 0.29) is 30.2 Å². The molecule has 0 saturated heterocycles.